The molecule has 4 nitrogen and oxygen atoms in total. The van der Waals surface area contributed by atoms with Gasteiger partial charge in [0, 0.05) is 13.0 Å². The van der Waals surface area contributed by atoms with E-state index in [-0.39, 0.29) is 6.04 Å². The summed E-state index contributed by atoms with van der Waals surface area (Å²) >= 11 is 0. The third kappa shape index (κ3) is 2.75. The van der Waals surface area contributed by atoms with Crippen molar-refractivity contribution in [3.8, 4) is 0 Å². The lowest BCUT2D eigenvalue weighted by atomic mass is 9.77. The van der Waals surface area contributed by atoms with E-state index in [0.717, 1.165) is 0 Å². The molecule has 1 aliphatic rings. The van der Waals surface area contributed by atoms with Gasteiger partial charge in [-0.05, 0) is 31.2 Å². The highest BCUT2D eigenvalue weighted by Gasteiger charge is 2.30. The molecule has 4 heteroatoms. The van der Waals surface area contributed by atoms with Crippen LogP contribution in [0.25, 0.3) is 0 Å². The molecule has 0 bridgehead atoms. The van der Waals surface area contributed by atoms with E-state index in [1.54, 1.807) is 0 Å². The van der Waals surface area contributed by atoms with Gasteiger partial charge in [0.15, 0.2) is 0 Å². The lowest BCUT2D eigenvalue weighted by Crippen LogP contribution is -2.34. The zero-order valence-electron chi connectivity index (χ0n) is 12.0. The molecule has 0 unspecified atom stereocenters. The van der Waals surface area contributed by atoms with E-state index in [1.807, 2.05) is 6.92 Å². The van der Waals surface area contributed by atoms with Crippen LogP contribution in [0.5, 0.6) is 0 Å². The van der Waals surface area contributed by atoms with Crippen LogP contribution in [0.1, 0.15) is 55.6 Å². The number of nitrogens with one attached hydrogen (secondary N) is 1. The Bertz CT molecular complexity index is 548. The van der Waals surface area contributed by atoms with Crippen LogP contribution < -0.4 is 5.32 Å². The molecule has 1 aliphatic carbocycles. The molecule has 1 saturated carbocycles. The van der Waals surface area contributed by atoms with E-state index in [0.29, 0.717) is 23.7 Å². The Hall–Kier alpha value is -1.68. The van der Waals surface area contributed by atoms with Crippen LogP contribution in [-0.4, -0.2) is 10.2 Å². The number of nitrogens with zero attached hydrogens (tertiary/aromatic N) is 2. The zero-order valence-corrected chi connectivity index (χ0v) is 12.0. The van der Waals surface area contributed by atoms with Gasteiger partial charge in [0.05, 0.1) is 6.04 Å². The maximum atomic E-state index is 5.53. The normalized spacial score (nSPS) is 18.5. The topological polar surface area (TPSA) is 51.0 Å². The van der Waals surface area contributed by atoms with Crippen molar-refractivity contribution < 1.29 is 4.42 Å². The Kier molecular flexibility index (Phi) is 3.83. The Morgan fingerprint density at radius 1 is 1.20 bits per heavy atom. The first-order valence-electron chi connectivity index (χ1n) is 7.35. The lowest BCUT2D eigenvalue weighted by Gasteiger charge is -2.36. The Balaban J connectivity index is 1.76. The number of aromatic nitrogens is 2. The summed E-state index contributed by atoms with van der Waals surface area (Å²) in [4.78, 5) is 0. The van der Waals surface area contributed by atoms with Crippen molar-refractivity contribution in [2.75, 3.05) is 0 Å². The monoisotopic (exact) mass is 271 g/mol. The molecule has 2 aromatic rings. The summed E-state index contributed by atoms with van der Waals surface area (Å²) in [7, 11) is 0. The van der Waals surface area contributed by atoms with Crippen molar-refractivity contribution in [3.63, 3.8) is 0 Å². The summed E-state index contributed by atoms with van der Waals surface area (Å²) in [6, 6.07) is 11.1. The second-order valence-electron chi connectivity index (χ2n) is 5.63. The summed E-state index contributed by atoms with van der Waals surface area (Å²) < 4.78 is 5.53. The van der Waals surface area contributed by atoms with Crippen molar-refractivity contribution >= 4 is 0 Å². The molecule has 0 radical (unpaired) electrons. The fourth-order valence-corrected chi connectivity index (χ4v) is 2.77. The second-order valence-corrected chi connectivity index (χ2v) is 5.63. The van der Waals surface area contributed by atoms with Crippen LogP contribution in [0.4, 0.5) is 0 Å². The van der Waals surface area contributed by atoms with Gasteiger partial charge in [-0.25, -0.2) is 0 Å². The Morgan fingerprint density at radius 2 is 1.95 bits per heavy atom. The minimum Gasteiger partial charge on any atom is -0.424 e. The van der Waals surface area contributed by atoms with Crippen molar-refractivity contribution in [3.05, 3.63) is 47.7 Å². The summed E-state index contributed by atoms with van der Waals surface area (Å²) in [6.45, 7) is 3.91. The lowest BCUT2D eigenvalue weighted by molar-refractivity contribution is 0.211. The Morgan fingerprint density at radius 3 is 2.50 bits per heavy atom. The molecule has 0 spiro atoms. The second kappa shape index (κ2) is 5.75. The first-order valence-corrected chi connectivity index (χ1v) is 7.35. The molecule has 0 amide bonds. The highest BCUT2D eigenvalue weighted by atomic mass is 16.4. The third-order valence-corrected chi connectivity index (χ3v) is 4.12. The molecular weight excluding hydrogens is 250 g/mol. The quantitative estimate of drug-likeness (QED) is 0.903. The zero-order chi connectivity index (χ0) is 13.9. The first-order chi connectivity index (χ1) is 9.74. The molecule has 1 aromatic heterocycles. The third-order valence-electron chi connectivity index (χ3n) is 4.12. The van der Waals surface area contributed by atoms with Crippen molar-refractivity contribution in [1.29, 1.82) is 0 Å². The van der Waals surface area contributed by atoms with Crippen molar-refractivity contribution in [2.24, 2.45) is 5.92 Å². The van der Waals surface area contributed by atoms with Crippen LogP contribution in [0, 0.1) is 12.8 Å². The average Bonchev–Trinajstić information content (AvgIpc) is 2.84. The highest BCUT2D eigenvalue weighted by molar-refractivity contribution is 5.20. The fourth-order valence-electron chi connectivity index (χ4n) is 2.77. The van der Waals surface area contributed by atoms with Gasteiger partial charge in [-0.1, -0.05) is 36.8 Å². The van der Waals surface area contributed by atoms with Gasteiger partial charge in [0.2, 0.25) is 11.8 Å². The molecule has 2 atom stereocenters. The van der Waals surface area contributed by atoms with E-state index in [4.69, 9.17) is 4.42 Å². The van der Waals surface area contributed by atoms with E-state index in [9.17, 15) is 0 Å². The van der Waals surface area contributed by atoms with Gasteiger partial charge in [0.25, 0.3) is 0 Å². The standard InChI is InChI=1S/C16H21N3O/c1-11(16-19-18-12(2)20-16)17-15(14-9-6-10-14)13-7-4-3-5-8-13/h3-5,7-8,11,14-15,17H,6,9-10H2,1-2H3/t11-,15+/m1/s1. The molecule has 106 valence electrons. The molecular formula is C16H21N3O. The van der Waals surface area contributed by atoms with Crippen molar-refractivity contribution in [1.82, 2.24) is 15.5 Å². The molecule has 20 heavy (non-hydrogen) atoms. The first kappa shape index (κ1) is 13.3. The molecule has 1 heterocycles. The largest absolute Gasteiger partial charge is 0.424 e. The van der Waals surface area contributed by atoms with Crippen LogP contribution in [0.3, 0.4) is 0 Å². The average molecular weight is 271 g/mol. The molecule has 1 aromatic carbocycles. The molecule has 3 rings (SSSR count). The summed E-state index contributed by atoms with van der Waals surface area (Å²) in [5, 5.41) is 11.7. The maximum absolute atomic E-state index is 5.53. The number of benzene rings is 1. The number of hydrogen-bond donors (Lipinski definition) is 1. The van der Waals surface area contributed by atoms with E-state index in [2.05, 4.69) is 52.8 Å². The van der Waals surface area contributed by atoms with E-state index >= 15 is 0 Å². The number of hydrogen-bond acceptors (Lipinski definition) is 4. The highest BCUT2D eigenvalue weighted by Crippen LogP contribution is 2.38. The van der Waals surface area contributed by atoms with Gasteiger partial charge < -0.3 is 4.42 Å². The van der Waals surface area contributed by atoms with Gasteiger partial charge in [-0.3, -0.25) is 5.32 Å². The summed E-state index contributed by atoms with van der Waals surface area (Å²) in [5.74, 6) is 2.00. The fraction of sp³-hybridized carbons (Fsp3) is 0.500. The van der Waals surface area contributed by atoms with E-state index in [1.165, 1.54) is 24.8 Å². The van der Waals surface area contributed by atoms with Gasteiger partial charge >= 0.3 is 0 Å². The van der Waals surface area contributed by atoms with Crippen molar-refractivity contribution in [2.45, 2.75) is 45.2 Å². The van der Waals surface area contributed by atoms with E-state index < -0.39 is 0 Å². The summed E-state index contributed by atoms with van der Waals surface area (Å²) in [5.41, 5.74) is 1.35. The molecule has 1 fully saturated rings. The SMILES string of the molecule is Cc1nnc([C@@H](C)N[C@@H](c2ccccc2)C2CCC2)o1. The maximum Gasteiger partial charge on any atom is 0.233 e. The minimum absolute atomic E-state index is 0.0713. The molecule has 0 saturated heterocycles. The minimum atomic E-state index is 0.0713. The molecule has 0 aliphatic heterocycles. The smallest absolute Gasteiger partial charge is 0.233 e. The van der Waals surface area contributed by atoms with Gasteiger partial charge in [0.1, 0.15) is 0 Å². The van der Waals surface area contributed by atoms with Crippen LogP contribution >= 0.6 is 0 Å². The number of rotatable bonds is 5. The predicted octanol–water partition coefficient (Wildman–Crippen LogP) is 3.57. The summed E-state index contributed by atoms with van der Waals surface area (Å²) in [6.07, 6.45) is 3.92. The van der Waals surface area contributed by atoms with Crippen LogP contribution in [0.15, 0.2) is 34.7 Å². The Labute approximate surface area is 119 Å². The van der Waals surface area contributed by atoms with Crippen LogP contribution in [-0.2, 0) is 0 Å². The number of aryl methyl sites for hydroxylation is 1. The molecule has 1 N–H and O–H groups in total. The van der Waals surface area contributed by atoms with Crippen LogP contribution in [0.2, 0.25) is 0 Å². The predicted molar refractivity (Wildman–Crippen MR) is 77.1 cm³/mol. The van der Waals surface area contributed by atoms with Gasteiger partial charge in [-0.15, -0.1) is 10.2 Å². The van der Waals surface area contributed by atoms with Gasteiger partial charge in [-0.2, -0.15) is 0 Å².